The summed E-state index contributed by atoms with van der Waals surface area (Å²) in [5.41, 5.74) is 6.67. The highest BCUT2D eigenvalue weighted by Crippen LogP contribution is 2.32. The second kappa shape index (κ2) is 7.75. The molecule has 0 amide bonds. The fourth-order valence-electron chi connectivity index (χ4n) is 3.37. The van der Waals surface area contributed by atoms with E-state index in [1.165, 1.54) is 44.2 Å². The van der Waals surface area contributed by atoms with Crippen LogP contribution in [-0.2, 0) is 0 Å². The lowest BCUT2D eigenvalue weighted by Crippen LogP contribution is -2.33. The second-order valence-corrected chi connectivity index (χ2v) is 5.99. The first kappa shape index (κ1) is 15.5. The van der Waals surface area contributed by atoms with E-state index in [2.05, 4.69) is 0 Å². The number of hydrogen-bond donors (Lipinski definition) is 2. The average Bonchev–Trinajstić information content (AvgIpc) is 2.39. The van der Waals surface area contributed by atoms with Crippen LogP contribution in [0.2, 0.25) is 0 Å². The maximum Gasteiger partial charge on any atom is 0.123 e. The van der Waals surface area contributed by atoms with E-state index in [4.69, 9.17) is 5.73 Å². The molecule has 1 fully saturated rings. The van der Waals surface area contributed by atoms with Gasteiger partial charge in [-0.25, -0.2) is 4.39 Å². The molecule has 1 aliphatic rings. The van der Waals surface area contributed by atoms with E-state index in [0.29, 0.717) is 12.5 Å². The number of aliphatic hydroxyl groups is 1. The van der Waals surface area contributed by atoms with Crippen molar-refractivity contribution in [2.45, 2.75) is 57.0 Å². The first-order valence-corrected chi connectivity index (χ1v) is 7.86. The van der Waals surface area contributed by atoms with Crippen LogP contribution in [-0.4, -0.2) is 17.8 Å². The molecule has 1 aromatic carbocycles. The molecule has 2 atom stereocenters. The molecule has 1 aliphatic carbocycles. The lowest BCUT2D eigenvalue weighted by molar-refractivity contribution is 0.0679. The third-order valence-electron chi connectivity index (χ3n) is 4.58. The normalized spacial score (nSPS) is 20.9. The van der Waals surface area contributed by atoms with Gasteiger partial charge in [0.15, 0.2) is 0 Å². The Kier molecular flexibility index (Phi) is 5.99. The van der Waals surface area contributed by atoms with Gasteiger partial charge in [-0.3, -0.25) is 0 Å². The molecule has 1 aromatic rings. The zero-order valence-electron chi connectivity index (χ0n) is 12.1. The maximum absolute atomic E-state index is 13.4. The van der Waals surface area contributed by atoms with E-state index in [-0.39, 0.29) is 11.7 Å². The molecule has 20 heavy (non-hydrogen) atoms. The standard InChI is InChI=1S/C17H26FNO/c18-15-10-6-9-14(11-15)16(12-19)17(20)13-7-4-2-1-3-5-8-13/h6,9-11,13,16-17,20H,1-5,7-8,12,19H2. The summed E-state index contributed by atoms with van der Waals surface area (Å²) in [5, 5.41) is 10.7. The van der Waals surface area contributed by atoms with Crippen LogP contribution in [0, 0.1) is 11.7 Å². The summed E-state index contributed by atoms with van der Waals surface area (Å²) < 4.78 is 13.4. The quantitative estimate of drug-likeness (QED) is 0.884. The van der Waals surface area contributed by atoms with Crippen molar-refractivity contribution in [3.8, 4) is 0 Å². The van der Waals surface area contributed by atoms with Crippen molar-refractivity contribution in [3.05, 3.63) is 35.6 Å². The number of halogens is 1. The fraction of sp³-hybridized carbons (Fsp3) is 0.647. The molecule has 2 nitrogen and oxygen atoms in total. The fourth-order valence-corrected chi connectivity index (χ4v) is 3.37. The number of nitrogens with two attached hydrogens (primary N) is 1. The summed E-state index contributed by atoms with van der Waals surface area (Å²) in [6, 6.07) is 6.49. The topological polar surface area (TPSA) is 46.2 Å². The van der Waals surface area contributed by atoms with Crippen LogP contribution in [0.3, 0.4) is 0 Å². The molecule has 2 unspecified atom stereocenters. The van der Waals surface area contributed by atoms with Gasteiger partial charge in [-0.2, -0.15) is 0 Å². The zero-order valence-corrected chi connectivity index (χ0v) is 12.1. The molecule has 3 heteroatoms. The monoisotopic (exact) mass is 279 g/mol. The minimum absolute atomic E-state index is 0.157. The summed E-state index contributed by atoms with van der Waals surface area (Å²) in [6.07, 6.45) is 7.87. The maximum atomic E-state index is 13.4. The van der Waals surface area contributed by atoms with Gasteiger partial charge in [-0.05, 0) is 36.5 Å². The molecule has 3 N–H and O–H groups in total. The SMILES string of the molecule is NCC(c1cccc(F)c1)C(O)C1CCCCCCC1. The highest BCUT2D eigenvalue weighted by atomic mass is 19.1. The average molecular weight is 279 g/mol. The molecule has 0 heterocycles. The Hall–Kier alpha value is -0.930. The van der Waals surface area contributed by atoms with Gasteiger partial charge in [0.05, 0.1) is 6.10 Å². The van der Waals surface area contributed by atoms with Gasteiger partial charge in [0, 0.05) is 12.5 Å². The van der Waals surface area contributed by atoms with Gasteiger partial charge in [0.1, 0.15) is 5.82 Å². The Morgan fingerprint density at radius 3 is 2.40 bits per heavy atom. The first-order valence-electron chi connectivity index (χ1n) is 7.86. The van der Waals surface area contributed by atoms with E-state index < -0.39 is 6.10 Å². The molecule has 0 saturated heterocycles. The zero-order chi connectivity index (χ0) is 14.4. The predicted molar refractivity (Wildman–Crippen MR) is 80.0 cm³/mol. The highest BCUT2D eigenvalue weighted by molar-refractivity contribution is 5.22. The number of rotatable bonds is 4. The molecule has 0 radical (unpaired) electrons. The summed E-state index contributed by atoms with van der Waals surface area (Å²) in [4.78, 5) is 0. The van der Waals surface area contributed by atoms with Crippen LogP contribution in [0.4, 0.5) is 4.39 Å². The van der Waals surface area contributed by atoms with Crippen molar-refractivity contribution in [2.75, 3.05) is 6.54 Å². The number of hydrogen-bond acceptors (Lipinski definition) is 2. The molecule has 0 aliphatic heterocycles. The van der Waals surface area contributed by atoms with Crippen molar-refractivity contribution in [1.29, 1.82) is 0 Å². The summed E-state index contributed by atoms with van der Waals surface area (Å²) in [5.74, 6) is -0.118. The predicted octanol–water partition coefficient (Wildman–Crippen LogP) is 3.59. The molecule has 0 spiro atoms. The van der Waals surface area contributed by atoms with Crippen molar-refractivity contribution in [3.63, 3.8) is 0 Å². The molecular formula is C17H26FNO. The minimum atomic E-state index is -0.458. The molecule has 0 bridgehead atoms. The van der Waals surface area contributed by atoms with E-state index in [9.17, 15) is 9.50 Å². The Balaban J connectivity index is 2.08. The van der Waals surface area contributed by atoms with E-state index in [1.807, 2.05) is 6.07 Å². The van der Waals surface area contributed by atoms with Gasteiger partial charge >= 0.3 is 0 Å². The Bertz CT molecular complexity index is 402. The van der Waals surface area contributed by atoms with Crippen LogP contribution >= 0.6 is 0 Å². The molecule has 2 rings (SSSR count). The Labute approximate surface area is 121 Å². The third kappa shape index (κ3) is 4.03. The van der Waals surface area contributed by atoms with Crippen LogP contribution in [0.5, 0.6) is 0 Å². The van der Waals surface area contributed by atoms with E-state index >= 15 is 0 Å². The summed E-state index contributed by atoms with van der Waals surface area (Å²) in [7, 11) is 0. The van der Waals surface area contributed by atoms with Crippen LogP contribution in [0.1, 0.15) is 56.4 Å². The van der Waals surface area contributed by atoms with Crippen LogP contribution < -0.4 is 5.73 Å². The summed E-state index contributed by atoms with van der Waals surface area (Å²) in [6.45, 7) is 0.362. The molecule has 1 saturated carbocycles. The van der Waals surface area contributed by atoms with Gasteiger partial charge in [-0.15, -0.1) is 0 Å². The number of aliphatic hydroxyl groups excluding tert-OH is 1. The lowest BCUT2D eigenvalue weighted by Gasteiger charge is -2.31. The van der Waals surface area contributed by atoms with Gasteiger partial charge in [0.2, 0.25) is 0 Å². The Morgan fingerprint density at radius 1 is 1.15 bits per heavy atom. The number of benzene rings is 1. The lowest BCUT2D eigenvalue weighted by atomic mass is 9.79. The van der Waals surface area contributed by atoms with Gasteiger partial charge in [0.25, 0.3) is 0 Å². The first-order chi connectivity index (χ1) is 9.72. The van der Waals surface area contributed by atoms with Crippen molar-refractivity contribution in [2.24, 2.45) is 11.7 Å². The molecule has 0 aromatic heterocycles. The van der Waals surface area contributed by atoms with Gasteiger partial charge < -0.3 is 10.8 Å². The second-order valence-electron chi connectivity index (χ2n) is 5.99. The van der Waals surface area contributed by atoms with Crippen LogP contribution in [0.25, 0.3) is 0 Å². The van der Waals surface area contributed by atoms with Gasteiger partial charge in [-0.1, -0.05) is 44.2 Å². The van der Waals surface area contributed by atoms with Crippen LogP contribution in [0.15, 0.2) is 24.3 Å². The smallest absolute Gasteiger partial charge is 0.123 e. The van der Waals surface area contributed by atoms with Crippen molar-refractivity contribution >= 4 is 0 Å². The van der Waals surface area contributed by atoms with E-state index in [1.54, 1.807) is 6.07 Å². The van der Waals surface area contributed by atoms with Crippen molar-refractivity contribution in [1.82, 2.24) is 0 Å². The largest absolute Gasteiger partial charge is 0.392 e. The molecular weight excluding hydrogens is 253 g/mol. The van der Waals surface area contributed by atoms with E-state index in [0.717, 1.165) is 18.4 Å². The summed E-state index contributed by atoms with van der Waals surface area (Å²) >= 11 is 0. The van der Waals surface area contributed by atoms with Crippen molar-refractivity contribution < 1.29 is 9.50 Å². The third-order valence-corrected chi connectivity index (χ3v) is 4.58. The molecule has 112 valence electrons. The Morgan fingerprint density at radius 2 is 1.80 bits per heavy atom. The highest BCUT2D eigenvalue weighted by Gasteiger charge is 2.28. The minimum Gasteiger partial charge on any atom is -0.392 e.